The molecule has 0 saturated carbocycles. The lowest BCUT2D eigenvalue weighted by atomic mass is 10.0. The second-order valence-electron chi connectivity index (χ2n) is 3.72. The Morgan fingerprint density at radius 2 is 2.06 bits per heavy atom. The van der Waals surface area contributed by atoms with Gasteiger partial charge < -0.3 is 5.11 Å². The van der Waals surface area contributed by atoms with Gasteiger partial charge >= 0.3 is 6.18 Å². The van der Waals surface area contributed by atoms with Crippen LogP contribution in [0, 0.1) is 11.8 Å². The van der Waals surface area contributed by atoms with Crippen LogP contribution in [0.3, 0.4) is 0 Å². The highest BCUT2D eigenvalue weighted by Crippen LogP contribution is 2.36. The Morgan fingerprint density at radius 3 is 2.61 bits per heavy atom. The van der Waals surface area contributed by atoms with Gasteiger partial charge in [-0.3, -0.25) is 0 Å². The second-order valence-corrected chi connectivity index (χ2v) is 4.57. The first-order chi connectivity index (χ1) is 8.36. The van der Waals surface area contributed by atoms with E-state index in [0.29, 0.717) is 12.8 Å². The summed E-state index contributed by atoms with van der Waals surface area (Å²) in [4.78, 5) is 0. The highest BCUT2D eigenvalue weighted by atomic mass is 79.9. The normalized spacial score (nSPS) is 12.8. The van der Waals surface area contributed by atoms with Crippen LogP contribution in [-0.2, 0) is 6.18 Å². The molecule has 1 N–H and O–H groups in total. The zero-order valence-electron chi connectivity index (χ0n) is 9.68. The number of aliphatic hydroxyl groups is 1. The highest BCUT2D eigenvalue weighted by Gasteiger charge is 2.33. The molecule has 0 aliphatic heterocycles. The van der Waals surface area contributed by atoms with E-state index in [4.69, 9.17) is 0 Å². The lowest BCUT2D eigenvalue weighted by molar-refractivity contribution is -0.138. The summed E-state index contributed by atoms with van der Waals surface area (Å²) in [5.41, 5.74) is -0.524. The Morgan fingerprint density at radius 1 is 1.39 bits per heavy atom. The van der Waals surface area contributed by atoms with Crippen LogP contribution in [0.5, 0.6) is 0 Å². The molecule has 0 radical (unpaired) electrons. The highest BCUT2D eigenvalue weighted by molar-refractivity contribution is 9.10. The molecule has 0 aliphatic carbocycles. The number of hydrogen-bond donors (Lipinski definition) is 1. The van der Waals surface area contributed by atoms with Gasteiger partial charge in [0.05, 0.1) is 11.7 Å². The van der Waals surface area contributed by atoms with Crippen molar-refractivity contribution in [3.05, 3.63) is 33.8 Å². The summed E-state index contributed by atoms with van der Waals surface area (Å²) < 4.78 is 38.0. The maximum Gasteiger partial charge on any atom is 0.417 e. The molecule has 5 heteroatoms. The van der Waals surface area contributed by atoms with Crippen LogP contribution in [0.15, 0.2) is 22.7 Å². The van der Waals surface area contributed by atoms with Crippen molar-refractivity contribution in [2.24, 2.45) is 0 Å². The first-order valence-electron chi connectivity index (χ1n) is 5.30. The monoisotopic (exact) mass is 320 g/mol. The van der Waals surface area contributed by atoms with Crippen LogP contribution < -0.4 is 0 Å². The molecule has 0 fully saturated rings. The molecule has 98 valence electrons. The smallest absolute Gasteiger partial charge is 0.388 e. The molecular weight excluding hydrogens is 309 g/mol. The van der Waals surface area contributed by atoms with Gasteiger partial charge in [-0.1, -0.05) is 22.0 Å². The van der Waals surface area contributed by atoms with Crippen molar-refractivity contribution in [1.29, 1.82) is 0 Å². The largest absolute Gasteiger partial charge is 0.417 e. The van der Waals surface area contributed by atoms with Crippen LogP contribution in [0.25, 0.3) is 0 Å². The van der Waals surface area contributed by atoms with Gasteiger partial charge in [-0.2, -0.15) is 13.2 Å². The van der Waals surface area contributed by atoms with Crippen molar-refractivity contribution in [3.63, 3.8) is 0 Å². The summed E-state index contributed by atoms with van der Waals surface area (Å²) >= 11 is 2.86. The van der Waals surface area contributed by atoms with Crippen molar-refractivity contribution in [2.45, 2.75) is 32.0 Å². The third kappa shape index (κ3) is 4.04. The second kappa shape index (κ2) is 6.26. The number of hydrogen-bond acceptors (Lipinski definition) is 1. The predicted molar refractivity (Wildman–Crippen MR) is 66.8 cm³/mol. The maximum absolute atomic E-state index is 12.7. The Hall–Kier alpha value is -0.990. The maximum atomic E-state index is 12.7. The van der Waals surface area contributed by atoms with Gasteiger partial charge in [0.25, 0.3) is 0 Å². The van der Waals surface area contributed by atoms with Gasteiger partial charge in [0.15, 0.2) is 0 Å². The number of benzene rings is 1. The molecule has 0 amide bonds. The quantitative estimate of drug-likeness (QED) is 0.823. The van der Waals surface area contributed by atoms with Crippen LogP contribution in [0.1, 0.15) is 37.0 Å². The zero-order valence-corrected chi connectivity index (χ0v) is 11.3. The van der Waals surface area contributed by atoms with E-state index in [-0.39, 0.29) is 10.0 Å². The molecule has 1 atom stereocenters. The Labute approximate surface area is 112 Å². The average molecular weight is 321 g/mol. The van der Waals surface area contributed by atoms with Crippen molar-refractivity contribution < 1.29 is 18.3 Å². The summed E-state index contributed by atoms with van der Waals surface area (Å²) in [6.07, 6.45) is -4.59. The molecule has 18 heavy (non-hydrogen) atoms. The van der Waals surface area contributed by atoms with Crippen LogP contribution >= 0.6 is 15.9 Å². The van der Waals surface area contributed by atoms with Gasteiger partial charge in [0.1, 0.15) is 0 Å². The zero-order chi connectivity index (χ0) is 13.8. The topological polar surface area (TPSA) is 20.2 Å². The number of halogens is 4. The molecule has 0 heterocycles. The molecule has 0 spiro atoms. The summed E-state index contributed by atoms with van der Waals surface area (Å²) in [6, 6.07) is 3.74. The van der Waals surface area contributed by atoms with E-state index in [1.54, 1.807) is 6.92 Å². The van der Waals surface area contributed by atoms with Crippen LogP contribution in [0.2, 0.25) is 0 Å². The van der Waals surface area contributed by atoms with E-state index in [1.165, 1.54) is 12.1 Å². The van der Waals surface area contributed by atoms with Crippen LogP contribution in [0.4, 0.5) is 13.2 Å². The predicted octanol–water partition coefficient (Wildman–Crippen LogP) is 4.30. The van der Waals surface area contributed by atoms with Crippen molar-refractivity contribution >= 4 is 15.9 Å². The third-order valence-corrected chi connectivity index (χ3v) is 3.09. The van der Waals surface area contributed by atoms with E-state index in [9.17, 15) is 18.3 Å². The third-order valence-electron chi connectivity index (χ3n) is 2.40. The number of rotatable bonds is 3. The van der Waals surface area contributed by atoms with Gasteiger partial charge in [-0.25, -0.2) is 0 Å². The molecule has 0 aromatic heterocycles. The molecule has 1 aromatic carbocycles. The SMILES string of the molecule is CC#CCCC(O)c1ccc(Br)c(C(F)(F)F)c1. The molecule has 0 aliphatic rings. The minimum Gasteiger partial charge on any atom is -0.388 e. The van der Waals surface area contributed by atoms with E-state index >= 15 is 0 Å². The minimum atomic E-state index is -4.43. The van der Waals surface area contributed by atoms with Crippen molar-refractivity contribution in [2.75, 3.05) is 0 Å². The van der Waals surface area contributed by atoms with Gasteiger partial charge in [-0.15, -0.1) is 11.8 Å². The van der Waals surface area contributed by atoms with Gasteiger partial charge in [0.2, 0.25) is 0 Å². The average Bonchev–Trinajstić information content (AvgIpc) is 2.28. The molecule has 1 unspecified atom stereocenters. The first-order valence-corrected chi connectivity index (χ1v) is 6.10. The van der Waals surface area contributed by atoms with Crippen LogP contribution in [-0.4, -0.2) is 5.11 Å². The van der Waals surface area contributed by atoms with E-state index in [2.05, 4.69) is 27.8 Å². The molecule has 0 bridgehead atoms. The molecule has 1 aromatic rings. The van der Waals surface area contributed by atoms with Gasteiger partial charge in [-0.05, 0) is 31.0 Å². The molecular formula is C13H12BrF3O. The van der Waals surface area contributed by atoms with Gasteiger partial charge in [0, 0.05) is 10.9 Å². The standard InChI is InChI=1S/C13H12BrF3O/c1-2-3-4-5-12(18)9-6-7-11(14)10(8-9)13(15,16)17/h6-8,12,18H,4-5H2,1H3. The fourth-order valence-corrected chi connectivity index (χ4v) is 1.94. The van der Waals surface area contributed by atoms with Crippen molar-refractivity contribution in [3.8, 4) is 11.8 Å². The van der Waals surface area contributed by atoms with Crippen molar-refractivity contribution in [1.82, 2.24) is 0 Å². The van der Waals surface area contributed by atoms with E-state index in [1.807, 2.05) is 0 Å². The van der Waals surface area contributed by atoms with E-state index < -0.39 is 17.8 Å². The molecule has 1 rings (SSSR count). The Bertz CT molecular complexity index is 471. The first kappa shape index (κ1) is 15.1. The Balaban J connectivity index is 2.93. The fourth-order valence-electron chi connectivity index (χ4n) is 1.47. The molecule has 0 saturated heterocycles. The summed E-state index contributed by atoms with van der Waals surface area (Å²) in [7, 11) is 0. The number of aliphatic hydroxyl groups excluding tert-OH is 1. The number of alkyl halides is 3. The van der Waals surface area contributed by atoms with E-state index in [0.717, 1.165) is 6.07 Å². The summed E-state index contributed by atoms with van der Waals surface area (Å²) in [5, 5.41) is 9.78. The lowest BCUT2D eigenvalue weighted by Gasteiger charge is -2.14. The summed E-state index contributed by atoms with van der Waals surface area (Å²) in [5.74, 6) is 5.43. The summed E-state index contributed by atoms with van der Waals surface area (Å²) in [6.45, 7) is 1.67. The Kier molecular flexibility index (Phi) is 5.24. The lowest BCUT2D eigenvalue weighted by Crippen LogP contribution is -2.08. The molecule has 1 nitrogen and oxygen atoms in total. The fraction of sp³-hybridized carbons (Fsp3) is 0.385. The minimum absolute atomic E-state index is 0.0284.